The van der Waals surface area contributed by atoms with Crippen LogP contribution in [0.25, 0.3) is 0 Å². The van der Waals surface area contributed by atoms with E-state index in [1.165, 1.54) is 6.92 Å². The molecule has 0 bridgehead atoms. The fourth-order valence-electron chi connectivity index (χ4n) is 1.96. The summed E-state index contributed by atoms with van der Waals surface area (Å²) in [6, 6.07) is 0. The van der Waals surface area contributed by atoms with Gasteiger partial charge in [0.15, 0.2) is 6.29 Å². The zero-order valence-corrected chi connectivity index (χ0v) is 9.69. The highest BCUT2D eigenvalue weighted by Gasteiger charge is 2.41. The van der Waals surface area contributed by atoms with Crippen LogP contribution in [-0.4, -0.2) is 31.6 Å². The molecule has 2 aliphatic heterocycles. The number of rotatable bonds is 1. The third kappa shape index (κ3) is 3.18. The first-order chi connectivity index (χ1) is 7.27. The van der Waals surface area contributed by atoms with Gasteiger partial charge in [0.2, 0.25) is 0 Å². The summed E-state index contributed by atoms with van der Waals surface area (Å²) < 4.78 is 15.9. The van der Waals surface area contributed by atoms with E-state index < -0.39 is 0 Å². The van der Waals surface area contributed by atoms with Crippen LogP contribution < -0.4 is 0 Å². The maximum atomic E-state index is 10.8. The molecule has 4 heteroatoms. The van der Waals surface area contributed by atoms with E-state index in [9.17, 15) is 4.79 Å². The number of ether oxygens (including phenoxy) is 3. The van der Waals surface area contributed by atoms with Crippen molar-refractivity contribution >= 4 is 5.97 Å². The lowest BCUT2D eigenvalue weighted by atomic mass is 9.97. The molecule has 0 aromatic rings. The molecule has 0 aliphatic carbocycles. The monoisotopic (exact) mass is 216 g/mol. The van der Waals surface area contributed by atoms with E-state index in [1.54, 1.807) is 0 Å². The van der Waals surface area contributed by atoms with Crippen molar-refractivity contribution in [1.82, 2.24) is 0 Å². The molecule has 2 aliphatic rings. The van der Waals surface area contributed by atoms with E-state index in [0.717, 1.165) is 19.4 Å². The Bertz CT molecular complexity index is 205. The molecule has 3 unspecified atom stereocenters. The lowest BCUT2D eigenvalue weighted by Crippen LogP contribution is -2.33. The van der Waals surface area contributed by atoms with E-state index in [4.69, 9.17) is 14.2 Å². The van der Waals surface area contributed by atoms with E-state index in [-0.39, 0.29) is 24.3 Å². The third-order valence-electron chi connectivity index (χ3n) is 2.53. The second kappa shape index (κ2) is 6.08. The van der Waals surface area contributed by atoms with Crippen LogP contribution in [-0.2, 0) is 19.0 Å². The SMILES string of the molecule is CC.CC(=O)OC1COC2OCCCC12. The smallest absolute Gasteiger partial charge is 0.302 e. The molecule has 0 N–H and O–H groups in total. The first-order valence-electron chi connectivity index (χ1n) is 5.68. The second-order valence-corrected chi connectivity index (χ2v) is 3.53. The van der Waals surface area contributed by atoms with Crippen LogP contribution in [0.4, 0.5) is 0 Å². The Morgan fingerprint density at radius 3 is 2.73 bits per heavy atom. The minimum absolute atomic E-state index is 0.0946. The summed E-state index contributed by atoms with van der Waals surface area (Å²) in [5.74, 6) is 0.0115. The Kier molecular flexibility index (Phi) is 5.05. The molecule has 88 valence electrons. The third-order valence-corrected chi connectivity index (χ3v) is 2.53. The lowest BCUT2D eigenvalue weighted by Gasteiger charge is -2.26. The Labute approximate surface area is 90.9 Å². The van der Waals surface area contributed by atoms with Crippen molar-refractivity contribution in [2.75, 3.05) is 13.2 Å². The Balaban J connectivity index is 0.000000531. The van der Waals surface area contributed by atoms with Crippen LogP contribution in [0, 0.1) is 5.92 Å². The number of carbonyl (C=O) groups excluding carboxylic acids is 1. The highest BCUT2D eigenvalue weighted by atomic mass is 16.7. The van der Waals surface area contributed by atoms with Crippen molar-refractivity contribution in [1.29, 1.82) is 0 Å². The Hall–Kier alpha value is -0.610. The van der Waals surface area contributed by atoms with Gasteiger partial charge in [-0.15, -0.1) is 0 Å². The molecule has 0 amide bonds. The van der Waals surface area contributed by atoms with Crippen LogP contribution in [0.1, 0.15) is 33.6 Å². The Morgan fingerprint density at radius 2 is 2.07 bits per heavy atom. The van der Waals surface area contributed by atoms with Gasteiger partial charge < -0.3 is 14.2 Å². The highest BCUT2D eigenvalue weighted by Crippen LogP contribution is 2.32. The number of hydrogen-bond acceptors (Lipinski definition) is 4. The molecule has 4 nitrogen and oxygen atoms in total. The molecule has 2 rings (SSSR count). The highest BCUT2D eigenvalue weighted by molar-refractivity contribution is 5.66. The molecular formula is C11H20O4. The summed E-state index contributed by atoms with van der Waals surface area (Å²) in [6.07, 6.45) is 1.83. The van der Waals surface area contributed by atoms with Gasteiger partial charge in [-0.25, -0.2) is 0 Å². The summed E-state index contributed by atoms with van der Waals surface area (Å²) in [6.45, 7) is 6.67. The summed E-state index contributed by atoms with van der Waals surface area (Å²) in [4.78, 5) is 10.8. The van der Waals surface area contributed by atoms with Crippen molar-refractivity contribution in [2.45, 2.75) is 46.0 Å². The van der Waals surface area contributed by atoms with Crippen molar-refractivity contribution < 1.29 is 19.0 Å². The molecule has 3 atom stereocenters. The number of hydrogen-bond donors (Lipinski definition) is 0. The predicted octanol–water partition coefficient (Wildman–Crippen LogP) is 1.73. The molecule has 2 saturated heterocycles. The molecular weight excluding hydrogens is 196 g/mol. The van der Waals surface area contributed by atoms with Crippen LogP contribution in [0.5, 0.6) is 0 Å². The molecule has 0 saturated carbocycles. The fraction of sp³-hybridized carbons (Fsp3) is 0.909. The van der Waals surface area contributed by atoms with Gasteiger partial charge in [-0.1, -0.05) is 13.8 Å². The van der Waals surface area contributed by atoms with Crippen molar-refractivity contribution in [3.05, 3.63) is 0 Å². The van der Waals surface area contributed by atoms with Crippen LogP contribution in [0.15, 0.2) is 0 Å². The molecule has 15 heavy (non-hydrogen) atoms. The second-order valence-electron chi connectivity index (χ2n) is 3.53. The van der Waals surface area contributed by atoms with Crippen molar-refractivity contribution in [3.63, 3.8) is 0 Å². The van der Waals surface area contributed by atoms with E-state index in [2.05, 4.69) is 0 Å². The molecule has 0 aromatic heterocycles. The zero-order chi connectivity index (χ0) is 11.3. The number of fused-ring (bicyclic) bond motifs is 1. The molecule has 2 heterocycles. The average molecular weight is 216 g/mol. The van der Waals surface area contributed by atoms with Crippen molar-refractivity contribution in [2.24, 2.45) is 5.92 Å². The standard InChI is InChI=1S/C9H14O4.C2H6/c1-6(10)13-8-5-12-9-7(8)3-2-4-11-9;1-2/h7-9H,2-5H2,1H3;1-2H3. The van der Waals surface area contributed by atoms with Crippen LogP contribution in [0.2, 0.25) is 0 Å². The van der Waals surface area contributed by atoms with Gasteiger partial charge in [0.05, 0.1) is 6.61 Å². The fourth-order valence-corrected chi connectivity index (χ4v) is 1.96. The van der Waals surface area contributed by atoms with Gasteiger partial charge in [0.25, 0.3) is 0 Å². The normalized spacial score (nSPS) is 33.7. The minimum atomic E-state index is -0.236. The zero-order valence-electron chi connectivity index (χ0n) is 9.69. The van der Waals surface area contributed by atoms with Gasteiger partial charge in [0.1, 0.15) is 6.10 Å². The van der Waals surface area contributed by atoms with Crippen LogP contribution >= 0.6 is 0 Å². The molecule has 0 radical (unpaired) electrons. The maximum absolute atomic E-state index is 10.8. The summed E-state index contributed by atoms with van der Waals surface area (Å²) in [5, 5.41) is 0. The van der Waals surface area contributed by atoms with Gasteiger partial charge in [0, 0.05) is 19.4 Å². The van der Waals surface area contributed by atoms with E-state index in [1.807, 2.05) is 13.8 Å². The average Bonchev–Trinajstić information content (AvgIpc) is 2.64. The van der Waals surface area contributed by atoms with E-state index >= 15 is 0 Å². The van der Waals surface area contributed by atoms with Gasteiger partial charge >= 0.3 is 5.97 Å². The predicted molar refractivity (Wildman–Crippen MR) is 55.3 cm³/mol. The van der Waals surface area contributed by atoms with Gasteiger partial charge in [-0.3, -0.25) is 4.79 Å². The summed E-state index contributed by atoms with van der Waals surface area (Å²) >= 11 is 0. The molecule has 0 aromatic carbocycles. The minimum Gasteiger partial charge on any atom is -0.460 e. The quantitative estimate of drug-likeness (QED) is 0.626. The molecule has 0 spiro atoms. The summed E-state index contributed by atoms with van der Waals surface area (Å²) in [5.41, 5.74) is 0. The Morgan fingerprint density at radius 1 is 1.33 bits per heavy atom. The maximum Gasteiger partial charge on any atom is 0.302 e. The van der Waals surface area contributed by atoms with Gasteiger partial charge in [-0.2, -0.15) is 0 Å². The number of esters is 1. The lowest BCUT2D eigenvalue weighted by molar-refractivity contribution is -0.157. The van der Waals surface area contributed by atoms with Crippen LogP contribution in [0.3, 0.4) is 0 Å². The van der Waals surface area contributed by atoms with Crippen molar-refractivity contribution in [3.8, 4) is 0 Å². The first-order valence-corrected chi connectivity index (χ1v) is 5.68. The topological polar surface area (TPSA) is 44.8 Å². The largest absolute Gasteiger partial charge is 0.460 e. The first kappa shape index (κ1) is 12.5. The molecule has 2 fully saturated rings. The van der Waals surface area contributed by atoms with E-state index in [0.29, 0.717) is 6.61 Å². The summed E-state index contributed by atoms with van der Waals surface area (Å²) in [7, 11) is 0. The number of carbonyl (C=O) groups is 1. The van der Waals surface area contributed by atoms with Gasteiger partial charge in [-0.05, 0) is 12.8 Å².